The molecule has 9 heteroatoms. The molecule has 0 atom stereocenters. The Kier molecular flexibility index (Phi) is 4.76. The first-order valence-corrected chi connectivity index (χ1v) is 9.91. The molecule has 0 saturated heterocycles. The van der Waals surface area contributed by atoms with Gasteiger partial charge < -0.3 is 19.6 Å². The highest BCUT2D eigenvalue weighted by molar-refractivity contribution is 6.30. The lowest BCUT2D eigenvalue weighted by Gasteiger charge is -2.12. The third-order valence-electron chi connectivity index (χ3n) is 4.83. The number of imidazole rings is 2. The molecule has 3 aromatic heterocycles. The molecule has 0 radical (unpaired) electrons. The van der Waals surface area contributed by atoms with Gasteiger partial charge >= 0.3 is 0 Å². The molecule has 0 aliphatic rings. The smallest absolute Gasteiger partial charge is 0.229 e. The van der Waals surface area contributed by atoms with Gasteiger partial charge in [0.1, 0.15) is 17.0 Å². The Morgan fingerprint density at radius 3 is 2.65 bits per heavy atom. The number of benzene rings is 2. The van der Waals surface area contributed by atoms with Crippen LogP contribution in [-0.4, -0.2) is 36.6 Å². The molecule has 154 valence electrons. The fraction of sp³-hybridized carbons (Fsp3) is 0.0909. The Balaban J connectivity index is 1.53. The summed E-state index contributed by atoms with van der Waals surface area (Å²) >= 11 is 6.04. The van der Waals surface area contributed by atoms with E-state index in [9.17, 15) is 0 Å². The van der Waals surface area contributed by atoms with Crippen LogP contribution in [0.25, 0.3) is 28.1 Å². The first-order valence-electron chi connectivity index (χ1n) is 9.54. The zero-order chi connectivity index (χ0) is 21.4. The predicted octanol–water partition coefficient (Wildman–Crippen LogP) is 4.92. The van der Waals surface area contributed by atoms with Gasteiger partial charge in [0, 0.05) is 28.5 Å². The highest BCUT2D eigenvalue weighted by atomic mass is 35.5. The molecule has 0 bridgehead atoms. The van der Waals surface area contributed by atoms with Crippen molar-refractivity contribution in [3.05, 3.63) is 72.0 Å². The van der Waals surface area contributed by atoms with Gasteiger partial charge in [-0.05, 0) is 31.2 Å². The van der Waals surface area contributed by atoms with Crippen LogP contribution in [0.3, 0.4) is 0 Å². The maximum Gasteiger partial charge on any atom is 0.229 e. The minimum Gasteiger partial charge on any atom is -0.494 e. The van der Waals surface area contributed by atoms with Gasteiger partial charge in [0.25, 0.3) is 0 Å². The van der Waals surface area contributed by atoms with E-state index < -0.39 is 0 Å². The summed E-state index contributed by atoms with van der Waals surface area (Å²) in [5, 5.41) is 3.92. The van der Waals surface area contributed by atoms with E-state index in [2.05, 4.69) is 25.3 Å². The summed E-state index contributed by atoms with van der Waals surface area (Å²) in [6, 6.07) is 13.3. The number of aromatic nitrogens is 6. The van der Waals surface area contributed by atoms with E-state index in [1.165, 1.54) is 0 Å². The van der Waals surface area contributed by atoms with Crippen LogP contribution >= 0.6 is 11.6 Å². The lowest BCUT2D eigenvalue weighted by molar-refractivity contribution is 0.413. The predicted molar refractivity (Wildman–Crippen MR) is 120 cm³/mol. The van der Waals surface area contributed by atoms with Crippen LogP contribution in [0, 0.1) is 6.92 Å². The summed E-state index contributed by atoms with van der Waals surface area (Å²) in [6.07, 6.45) is 5.30. The highest BCUT2D eigenvalue weighted by Crippen LogP contribution is 2.30. The van der Waals surface area contributed by atoms with Crippen molar-refractivity contribution in [1.82, 2.24) is 29.5 Å². The lowest BCUT2D eigenvalue weighted by Crippen LogP contribution is -2.01. The molecular formula is C22H18ClN7O. The minimum absolute atomic E-state index is 0.429. The SMILES string of the molecule is COc1cc(Nc2nc(-c3ccc(Cl)cc3)c3[nH]cnc3n2)ccc1-n1cnc(C)c1. The van der Waals surface area contributed by atoms with Crippen molar-refractivity contribution in [2.45, 2.75) is 6.92 Å². The van der Waals surface area contributed by atoms with Gasteiger partial charge in [-0.1, -0.05) is 23.7 Å². The molecule has 2 aromatic carbocycles. The first-order chi connectivity index (χ1) is 15.1. The Morgan fingerprint density at radius 2 is 1.90 bits per heavy atom. The van der Waals surface area contributed by atoms with E-state index in [1.54, 1.807) is 19.8 Å². The molecule has 0 spiro atoms. The first kappa shape index (κ1) is 19.1. The summed E-state index contributed by atoms with van der Waals surface area (Å²) in [5.74, 6) is 1.12. The van der Waals surface area contributed by atoms with Crippen molar-refractivity contribution >= 4 is 34.4 Å². The molecule has 5 rings (SSSR count). The fourth-order valence-corrected chi connectivity index (χ4v) is 3.48. The van der Waals surface area contributed by atoms with Crippen molar-refractivity contribution < 1.29 is 4.74 Å². The molecule has 0 aliphatic heterocycles. The zero-order valence-electron chi connectivity index (χ0n) is 16.8. The third kappa shape index (κ3) is 3.69. The van der Waals surface area contributed by atoms with Crippen molar-refractivity contribution in [3.8, 4) is 22.7 Å². The van der Waals surface area contributed by atoms with Crippen LogP contribution < -0.4 is 10.1 Å². The molecule has 2 N–H and O–H groups in total. The Morgan fingerprint density at radius 1 is 1.06 bits per heavy atom. The standard InChI is InChI=1S/C22H18ClN7O/c1-13-10-30(12-26-13)17-8-7-16(9-18(17)31-2)27-22-28-19(14-3-5-15(23)6-4-14)20-21(29-22)25-11-24-20/h3-12H,1-2H3,(H2,24,25,27,28,29). The molecule has 0 amide bonds. The normalized spacial score (nSPS) is 11.1. The number of nitrogens with one attached hydrogen (secondary N) is 2. The number of hydrogen-bond donors (Lipinski definition) is 2. The zero-order valence-corrected chi connectivity index (χ0v) is 17.6. The van der Waals surface area contributed by atoms with Gasteiger partial charge in [0.15, 0.2) is 5.65 Å². The van der Waals surface area contributed by atoms with Crippen LogP contribution in [0.4, 0.5) is 11.6 Å². The average molecular weight is 432 g/mol. The number of aryl methyl sites for hydroxylation is 1. The van der Waals surface area contributed by atoms with Gasteiger partial charge in [0.2, 0.25) is 5.95 Å². The Bertz CT molecular complexity index is 1370. The van der Waals surface area contributed by atoms with Gasteiger partial charge in [-0.15, -0.1) is 0 Å². The summed E-state index contributed by atoms with van der Waals surface area (Å²) in [5.41, 5.74) is 5.58. The molecule has 8 nitrogen and oxygen atoms in total. The third-order valence-corrected chi connectivity index (χ3v) is 5.08. The number of aromatic amines is 1. The van der Waals surface area contributed by atoms with Crippen molar-refractivity contribution in [2.24, 2.45) is 0 Å². The van der Waals surface area contributed by atoms with Gasteiger partial charge in [0.05, 0.1) is 31.1 Å². The van der Waals surface area contributed by atoms with Crippen molar-refractivity contribution in [1.29, 1.82) is 0 Å². The number of halogens is 1. The van der Waals surface area contributed by atoms with Crippen molar-refractivity contribution in [2.75, 3.05) is 12.4 Å². The number of anilines is 2. The summed E-state index contributed by atoms with van der Waals surface area (Å²) < 4.78 is 7.51. The second-order valence-corrected chi connectivity index (χ2v) is 7.37. The van der Waals surface area contributed by atoms with Crippen LogP contribution in [-0.2, 0) is 0 Å². The molecule has 0 unspecified atom stereocenters. The van der Waals surface area contributed by atoms with Crippen LogP contribution in [0.15, 0.2) is 61.3 Å². The number of H-pyrrole nitrogens is 1. The topological polar surface area (TPSA) is 93.5 Å². The van der Waals surface area contributed by atoms with Crippen LogP contribution in [0.5, 0.6) is 5.75 Å². The second kappa shape index (κ2) is 7.73. The largest absolute Gasteiger partial charge is 0.494 e. The molecule has 5 aromatic rings. The van der Waals surface area contributed by atoms with E-state index in [0.717, 1.165) is 33.8 Å². The molecule has 3 heterocycles. The monoisotopic (exact) mass is 431 g/mol. The number of hydrogen-bond acceptors (Lipinski definition) is 6. The van der Waals surface area contributed by atoms with E-state index in [0.29, 0.717) is 22.4 Å². The summed E-state index contributed by atoms with van der Waals surface area (Å²) in [6.45, 7) is 1.94. The molecule has 0 saturated carbocycles. The lowest BCUT2D eigenvalue weighted by atomic mass is 10.1. The number of fused-ring (bicyclic) bond motifs is 1. The van der Waals surface area contributed by atoms with Gasteiger partial charge in [-0.2, -0.15) is 4.98 Å². The Hall–Kier alpha value is -3.91. The number of methoxy groups -OCH3 is 1. The molecule has 31 heavy (non-hydrogen) atoms. The van der Waals surface area contributed by atoms with Gasteiger partial charge in [-0.25, -0.2) is 15.0 Å². The molecule has 0 aliphatic carbocycles. The molecular weight excluding hydrogens is 414 g/mol. The van der Waals surface area contributed by atoms with E-state index in [-0.39, 0.29) is 0 Å². The molecule has 0 fully saturated rings. The highest BCUT2D eigenvalue weighted by Gasteiger charge is 2.13. The van der Waals surface area contributed by atoms with Crippen LogP contribution in [0.1, 0.15) is 5.69 Å². The average Bonchev–Trinajstić information content (AvgIpc) is 3.42. The Labute approximate surface area is 182 Å². The van der Waals surface area contributed by atoms with Crippen molar-refractivity contribution in [3.63, 3.8) is 0 Å². The van der Waals surface area contributed by atoms with E-state index in [4.69, 9.17) is 21.3 Å². The van der Waals surface area contributed by atoms with E-state index in [1.807, 2.05) is 60.2 Å². The number of ether oxygens (including phenoxy) is 1. The summed E-state index contributed by atoms with van der Waals surface area (Å²) in [4.78, 5) is 20.9. The van der Waals surface area contributed by atoms with Gasteiger partial charge in [-0.3, -0.25) is 0 Å². The second-order valence-electron chi connectivity index (χ2n) is 6.94. The number of rotatable bonds is 5. The maximum absolute atomic E-state index is 6.04. The van der Waals surface area contributed by atoms with E-state index >= 15 is 0 Å². The minimum atomic E-state index is 0.429. The quantitative estimate of drug-likeness (QED) is 0.410. The number of nitrogens with zero attached hydrogens (tertiary/aromatic N) is 5. The maximum atomic E-state index is 6.04. The summed E-state index contributed by atoms with van der Waals surface area (Å²) in [7, 11) is 1.64. The fourth-order valence-electron chi connectivity index (χ4n) is 3.36. The van der Waals surface area contributed by atoms with Crippen LogP contribution in [0.2, 0.25) is 5.02 Å².